The quantitative estimate of drug-likeness (QED) is 0.0353. The maximum Gasteiger partial charge on any atom is 2.00 e. The van der Waals surface area contributed by atoms with Crippen LogP contribution >= 0.6 is 23.6 Å². The number of carboxylic acids is 1. The molecule has 4 heterocycles. The van der Waals surface area contributed by atoms with Crippen molar-refractivity contribution in [3.05, 3.63) is 137 Å². The summed E-state index contributed by atoms with van der Waals surface area (Å²) in [5.41, 5.74) is 1.35. The molecule has 0 radical (unpaired) electrons. The Labute approximate surface area is 334 Å². The van der Waals surface area contributed by atoms with E-state index < -0.39 is 17.8 Å². The Morgan fingerprint density at radius 2 is 1.80 bits per heavy atom. The van der Waals surface area contributed by atoms with Gasteiger partial charge in [0.25, 0.3) is 0 Å². The predicted octanol–water partition coefficient (Wildman–Crippen LogP) is 10.1. The van der Waals surface area contributed by atoms with E-state index in [1.165, 1.54) is 48.8 Å². The molecule has 0 aromatic carbocycles. The average Bonchev–Trinajstić information content (AvgIpc) is 3.83. The van der Waals surface area contributed by atoms with Gasteiger partial charge in [-0.3, -0.25) is 15.0 Å². The third kappa shape index (κ3) is 17.3. The second kappa shape index (κ2) is 25.5. The van der Waals surface area contributed by atoms with E-state index in [-0.39, 0.29) is 36.4 Å². The van der Waals surface area contributed by atoms with E-state index in [0.717, 1.165) is 28.7 Å². The van der Waals surface area contributed by atoms with E-state index >= 15 is 0 Å². The van der Waals surface area contributed by atoms with Crippen LogP contribution in [0.4, 0.5) is 13.2 Å². The molecule has 1 N–H and O–H groups in total. The minimum Gasteiger partial charge on any atom is -0.753 e. The Balaban J connectivity index is 0.000000515. The van der Waals surface area contributed by atoms with Gasteiger partial charge in [0.15, 0.2) is 0 Å². The number of allylic oxidation sites excluding steroid dienone is 4. The SMILES string of the molecule is C=C(N=C/C=C/C=C/c1ccc(C#CCCCCC)s1)c1cc(C(F)(F)F)n[n-]1.C=CC=NC(=C)c1cccc(-c2cc(C(=O)O)ccn2)n1.[N-]=C=S.[Ru+2]. The van der Waals surface area contributed by atoms with Crippen LogP contribution in [0.2, 0.25) is 0 Å². The van der Waals surface area contributed by atoms with Gasteiger partial charge in [-0.25, -0.2) is 9.78 Å². The number of halogens is 3. The Morgan fingerprint density at radius 3 is 2.46 bits per heavy atom. The summed E-state index contributed by atoms with van der Waals surface area (Å²) in [6, 6.07) is 13.1. The summed E-state index contributed by atoms with van der Waals surface area (Å²) in [5, 5.41) is 24.0. The van der Waals surface area contributed by atoms with Crippen LogP contribution in [0.1, 0.15) is 69.8 Å². The molecule has 0 bridgehead atoms. The maximum absolute atomic E-state index is 12.5. The van der Waals surface area contributed by atoms with Gasteiger partial charge in [-0.05, 0) is 61.0 Å². The summed E-state index contributed by atoms with van der Waals surface area (Å²) in [7, 11) is 0. The first-order chi connectivity index (χ1) is 25.4. The van der Waals surface area contributed by atoms with E-state index in [0.29, 0.717) is 22.8 Å². The molecule has 0 aliphatic carbocycles. The molecule has 0 amide bonds. The van der Waals surface area contributed by atoms with Crippen LogP contribution in [0.25, 0.3) is 34.3 Å². The van der Waals surface area contributed by atoms with Gasteiger partial charge in [0, 0.05) is 35.6 Å². The van der Waals surface area contributed by atoms with Crippen LogP contribution in [0.3, 0.4) is 0 Å². The Kier molecular flexibility index (Phi) is 21.9. The molecule has 0 spiro atoms. The first-order valence-electron chi connectivity index (χ1n) is 15.7. The number of carboxylic acid groups (broad SMARTS) is 1. The van der Waals surface area contributed by atoms with Crippen LogP contribution in [-0.4, -0.2) is 43.7 Å². The van der Waals surface area contributed by atoms with Crippen molar-refractivity contribution in [1.29, 1.82) is 0 Å². The molecule has 9 nitrogen and oxygen atoms in total. The summed E-state index contributed by atoms with van der Waals surface area (Å²) >= 11 is 5.32. The van der Waals surface area contributed by atoms with Crippen LogP contribution in [0.15, 0.2) is 109 Å². The zero-order valence-corrected chi connectivity index (χ0v) is 32.3. The maximum atomic E-state index is 12.5. The number of nitrogens with zero attached hydrogens (tertiary/aromatic N) is 7. The number of pyridine rings is 2. The van der Waals surface area contributed by atoms with Crippen LogP contribution < -0.4 is 5.10 Å². The third-order valence-electron chi connectivity index (χ3n) is 6.32. The van der Waals surface area contributed by atoms with E-state index in [9.17, 15) is 18.0 Å². The number of hydrogen-bond donors (Lipinski definition) is 1. The number of alkyl halides is 3. The van der Waals surface area contributed by atoms with Crippen LogP contribution in [0.5, 0.6) is 0 Å². The Morgan fingerprint density at radius 1 is 1.06 bits per heavy atom. The first-order valence-corrected chi connectivity index (χ1v) is 16.9. The molecule has 4 aromatic rings. The van der Waals surface area contributed by atoms with Gasteiger partial charge in [-0.15, -0.1) is 11.3 Å². The average molecular weight is 855 g/mol. The molecule has 278 valence electrons. The number of thiophene rings is 1. The smallest absolute Gasteiger partial charge is 0.753 e. The van der Waals surface area contributed by atoms with Crippen LogP contribution in [-0.2, 0) is 25.7 Å². The number of aromatic nitrogens is 4. The predicted molar refractivity (Wildman–Crippen MR) is 212 cm³/mol. The van der Waals surface area contributed by atoms with E-state index in [1.807, 2.05) is 24.3 Å². The second-order valence-electron chi connectivity index (χ2n) is 10.2. The summed E-state index contributed by atoms with van der Waals surface area (Å²) in [6.45, 7) is 13.1. The number of rotatable bonds is 13. The molecule has 54 heavy (non-hydrogen) atoms. The van der Waals surface area contributed by atoms with Crippen molar-refractivity contribution in [1.82, 2.24) is 20.2 Å². The van der Waals surface area contributed by atoms with Gasteiger partial charge in [0.05, 0.1) is 33.2 Å². The van der Waals surface area contributed by atoms with Crippen molar-refractivity contribution in [3.8, 4) is 23.2 Å². The Bertz CT molecular complexity index is 2080. The minimum atomic E-state index is -4.53. The third-order valence-corrected chi connectivity index (χ3v) is 7.28. The van der Waals surface area contributed by atoms with Crippen LogP contribution in [0, 0.1) is 11.8 Å². The van der Waals surface area contributed by atoms with Gasteiger partial charge >= 0.3 is 31.6 Å². The van der Waals surface area contributed by atoms with E-state index in [4.69, 9.17) is 10.5 Å². The van der Waals surface area contributed by atoms with E-state index in [2.05, 4.69) is 80.9 Å². The minimum absolute atomic E-state index is 0. The number of carbonyl (C=O) groups is 1. The molecule has 15 heteroatoms. The molecular weight excluding hydrogens is 821 g/mol. The molecule has 4 rings (SSSR count). The summed E-state index contributed by atoms with van der Waals surface area (Å²) in [5.74, 6) is 5.37. The first kappa shape index (κ1) is 46.5. The fraction of sp³-hybridized carbons (Fsp3) is 0.154. The van der Waals surface area contributed by atoms with Gasteiger partial charge in [0.1, 0.15) is 5.69 Å². The van der Waals surface area contributed by atoms with Gasteiger partial charge in [0.2, 0.25) is 0 Å². The largest absolute Gasteiger partial charge is 2.00 e. The molecule has 0 unspecified atom stereocenters. The van der Waals surface area contributed by atoms with Crippen molar-refractivity contribution in [2.45, 2.75) is 38.8 Å². The van der Waals surface area contributed by atoms with Crippen molar-refractivity contribution >= 4 is 64.6 Å². The second-order valence-corrected chi connectivity index (χ2v) is 11.5. The zero-order chi connectivity index (χ0) is 39.1. The number of aromatic carboxylic acids is 1. The van der Waals surface area contributed by atoms with Crippen molar-refractivity contribution < 1.29 is 42.6 Å². The summed E-state index contributed by atoms with van der Waals surface area (Å²) in [6.07, 6.45) is 13.1. The fourth-order valence-electron chi connectivity index (χ4n) is 3.81. The standard InChI is InChI=1S/C22H21F3N3S.C16H13N3O2.CNS.Ru/c1-3-4-5-6-8-11-18-13-14-19(29-18)12-9-7-10-15-26-17(2)20-16-21(28-27-20)22(23,24)25;1-3-8-17-11(2)13-5-4-6-14(19-13)15-10-12(16(20)21)7-9-18-15;2-1-3;/h7,9-10,12-16H,2-6H2,1H3;3-10H,1-2H2,(H,20,21);;/q-1;;-1;+2/b10-7+,12-9+,26-15?;;;. The van der Waals surface area contributed by atoms with Crippen molar-refractivity contribution in [3.63, 3.8) is 0 Å². The molecule has 0 aliphatic heterocycles. The molecule has 0 atom stereocenters. The Hall–Kier alpha value is -5.51. The topological polar surface area (TPSA) is 137 Å². The fourth-order valence-corrected chi connectivity index (χ4v) is 4.61. The molecule has 0 saturated heterocycles. The molecule has 0 aliphatic rings. The number of isothiocyanates is 1. The zero-order valence-electron chi connectivity index (χ0n) is 29.0. The molecule has 4 aromatic heterocycles. The van der Waals surface area contributed by atoms with Gasteiger partial charge < -0.3 is 20.7 Å². The number of thiocarbonyl (C=S) groups is 1. The summed E-state index contributed by atoms with van der Waals surface area (Å²) < 4.78 is 37.5. The van der Waals surface area contributed by atoms with Gasteiger partial charge in [-0.2, -0.15) is 18.3 Å². The number of hydrogen-bond acceptors (Lipinski definition) is 8. The number of unbranched alkanes of at least 4 members (excludes halogenated alkanes) is 3. The van der Waals surface area contributed by atoms with Crippen molar-refractivity contribution in [2.75, 3.05) is 0 Å². The van der Waals surface area contributed by atoms with Gasteiger partial charge in [-0.1, -0.05) is 93.5 Å². The molecule has 0 saturated carbocycles. The normalized spacial score (nSPS) is 10.7. The van der Waals surface area contributed by atoms with E-state index in [1.54, 1.807) is 47.8 Å². The summed E-state index contributed by atoms with van der Waals surface area (Å²) in [4.78, 5) is 29.7. The number of aliphatic imine (C=N–C) groups is 2. The molecular formula is C39H34F3N7O2RuS2. The monoisotopic (exact) mass is 855 g/mol. The molecule has 0 fully saturated rings. The van der Waals surface area contributed by atoms with Crippen molar-refractivity contribution in [2.24, 2.45) is 9.98 Å².